The zero-order chi connectivity index (χ0) is 23.9. The van der Waals surface area contributed by atoms with E-state index in [4.69, 9.17) is 15.2 Å². The van der Waals surface area contributed by atoms with Gasteiger partial charge in [-0.25, -0.2) is 10.4 Å². The number of nitrogens with one attached hydrogen (secondary N) is 1. The summed E-state index contributed by atoms with van der Waals surface area (Å²) in [6.45, 7) is -0.263. The summed E-state index contributed by atoms with van der Waals surface area (Å²) in [7, 11) is 1.48. The Kier molecular flexibility index (Phi) is 6.73. The summed E-state index contributed by atoms with van der Waals surface area (Å²) in [5.74, 6) is -0.197. The molecule has 0 aliphatic carbocycles. The van der Waals surface area contributed by atoms with Crippen LogP contribution < -0.4 is 20.6 Å². The van der Waals surface area contributed by atoms with Gasteiger partial charge in [0.2, 0.25) is 0 Å². The minimum absolute atomic E-state index is 0.263. The van der Waals surface area contributed by atoms with Crippen LogP contribution in [-0.2, 0) is 4.79 Å². The first-order chi connectivity index (χ1) is 16.5. The number of pyridine rings is 2. The molecule has 0 atom stereocenters. The Morgan fingerprint density at radius 3 is 2.62 bits per heavy atom. The Morgan fingerprint density at radius 2 is 1.85 bits per heavy atom. The van der Waals surface area contributed by atoms with Crippen LogP contribution in [0.3, 0.4) is 0 Å². The molecular weight excluding hydrogens is 434 g/mol. The summed E-state index contributed by atoms with van der Waals surface area (Å²) in [6.07, 6.45) is 4.83. The number of hydrogen-bond acceptors (Lipinski definition) is 7. The Morgan fingerprint density at radius 1 is 1.06 bits per heavy atom. The molecule has 2 aromatic carbocycles. The number of benzene rings is 2. The predicted octanol–water partition coefficient (Wildman–Crippen LogP) is 2.93. The number of para-hydroxylation sites is 1. The number of carbonyl (C=O) groups is 2. The SMILES string of the molecule is COc1cc(/C=N/NC(=O)c2cc(-c3ccncc3)nc3ccccc23)ccc1OCC(N)=O. The largest absolute Gasteiger partial charge is 0.493 e. The molecule has 0 radical (unpaired) electrons. The molecule has 9 heteroatoms. The molecule has 9 nitrogen and oxygen atoms in total. The molecule has 170 valence electrons. The van der Waals surface area contributed by atoms with Gasteiger partial charge in [0, 0.05) is 23.3 Å². The number of primary amides is 1. The zero-order valence-corrected chi connectivity index (χ0v) is 18.3. The van der Waals surface area contributed by atoms with Crippen molar-refractivity contribution in [3.05, 3.63) is 84.2 Å². The molecule has 0 unspecified atom stereocenters. The number of carbonyl (C=O) groups excluding carboxylic acids is 2. The third-order valence-electron chi connectivity index (χ3n) is 4.87. The van der Waals surface area contributed by atoms with Crippen LogP contribution >= 0.6 is 0 Å². The highest BCUT2D eigenvalue weighted by Crippen LogP contribution is 2.27. The van der Waals surface area contributed by atoms with Crippen LogP contribution in [0.4, 0.5) is 0 Å². The molecular formula is C25H21N5O4. The van der Waals surface area contributed by atoms with Crippen molar-refractivity contribution in [3.63, 3.8) is 0 Å². The van der Waals surface area contributed by atoms with Crippen LogP contribution in [0.25, 0.3) is 22.2 Å². The predicted molar refractivity (Wildman–Crippen MR) is 128 cm³/mol. The molecule has 0 spiro atoms. The fraction of sp³-hybridized carbons (Fsp3) is 0.0800. The van der Waals surface area contributed by atoms with Crippen LogP contribution in [0, 0.1) is 0 Å². The van der Waals surface area contributed by atoms with E-state index in [1.807, 2.05) is 36.4 Å². The van der Waals surface area contributed by atoms with Gasteiger partial charge in [-0.1, -0.05) is 18.2 Å². The lowest BCUT2D eigenvalue weighted by Crippen LogP contribution is -2.20. The monoisotopic (exact) mass is 455 g/mol. The van der Waals surface area contributed by atoms with Gasteiger partial charge in [-0.15, -0.1) is 0 Å². The van der Waals surface area contributed by atoms with E-state index in [1.165, 1.54) is 13.3 Å². The highest BCUT2D eigenvalue weighted by atomic mass is 16.5. The van der Waals surface area contributed by atoms with Gasteiger partial charge in [-0.2, -0.15) is 5.10 Å². The van der Waals surface area contributed by atoms with Crippen LogP contribution in [0.1, 0.15) is 15.9 Å². The fourth-order valence-electron chi connectivity index (χ4n) is 3.29. The van der Waals surface area contributed by atoms with Crippen LogP contribution in [-0.4, -0.2) is 41.7 Å². The zero-order valence-electron chi connectivity index (χ0n) is 18.3. The van der Waals surface area contributed by atoms with E-state index in [0.29, 0.717) is 39.2 Å². The van der Waals surface area contributed by atoms with Gasteiger partial charge in [0.05, 0.1) is 30.1 Å². The van der Waals surface area contributed by atoms with E-state index < -0.39 is 5.91 Å². The number of nitrogens with two attached hydrogens (primary N) is 1. The molecule has 0 saturated carbocycles. The first-order valence-electron chi connectivity index (χ1n) is 10.3. The van der Waals surface area contributed by atoms with Crippen molar-refractivity contribution < 1.29 is 19.1 Å². The summed E-state index contributed by atoms with van der Waals surface area (Å²) >= 11 is 0. The summed E-state index contributed by atoms with van der Waals surface area (Å²) in [6, 6.07) is 17.8. The van der Waals surface area contributed by atoms with E-state index in [9.17, 15) is 9.59 Å². The van der Waals surface area contributed by atoms with Crippen molar-refractivity contribution in [2.75, 3.05) is 13.7 Å². The second-order valence-electron chi connectivity index (χ2n) is 7.17. The van der Waals surface area contributed by atoms with E-state index in [2.05, 4.69) is 20.5 Å². The van der Waals surface area contributed by atoms with Crippen molar-refractivity contribution in [1.82, 2.24) is 15.4 Å². The minimum atomic E-state index is -0.592. The molecule has 0 saturated heterocycles. The van der Waals surface area contributed by atoms with Gasteiger partial charge < -0.3 is 15.2 Å². The number of hydrazone groups is 1. The number of hydrogen-bond donors (Lipinski definition) is 2. The number of aromatic nitrogens is 2. The minimum Gasteiger partial charge on any atom is -0.493 e. The molecule has 3 N–H and O–H groups in total. The van der Waals surface area contributed by atoms with Crippen LogP contribution in [0.5, 0.6) is 11.5 Å². The van der Waals surface area contributed by atoms with Gasteiger partial charge in [0.15, 0.2) is 18.1 Å². The summed E-state index contributed by atoms with van der Waals surface area (Å²) in [4.78, 5) is 32.6. The smallest absolute Gasteiger partial charge is 0.272 e. The number of fused-ring (bicyclic) bond motifs is 1. The van der Waals surface area contributed by atoms with Gasteiger partial charge in [0.25, 0.3) is 11.8 Å². The molecule has 4 rings (SSSR count). The first-order valence-corrected chi connectivity index (χ1v) is 10.3. The van der Waals surface area contributed by atoms with E-state index in [1.54, 1.807) is 36.7 Å². The normalized spacial score (nSPS) is 10.9. The van der Waals surface area contributed by atoms with E-state index >= 15 is 0 Å². The molecule has 0 bridgehead atoms. The lowest BCUT2D eigenvalue weighted by Gasteiger charge is -2.10. The highest BCUT2D eigenvalue weighted by molar-refractivity contribution is 6.07. The van der Waals surface area contributed by atoms with E-state index in [-0.39, 0.29) is 12.5 Å². The molecule has 2 heterocycles. The van der Waals surface area contributed by atoms with Gasteiger partial charge >= 0.3 is 0 Å². The maximum atomic E-state index is 13.0. The molecule has 2 aromatic heterocycles. The number of ether oxygens (including phenoxy) is 2. The molecule has 2 amide bonds. The highest BCUT2D eigenvalue weighted by Gasteiger charge is 2.13. The molecule has 0 aliphatic heterocycles. The number of rotatable bonds is 8. The topological polar surface area (TPSA) is 129 Å². The van der Waals surface area contributed by atoms with Crippen molar-refractivity contribution in [2.45, 2.75) is 0 Å². The van der Waals surface area contributed by atoms with Crippen molar-refractivity contribution >= 4 is 28.9 Å². The maximum Gasteiger partial charge on any atom is 0.272 e. The third kappa shape index (κ3) is 5.16. The van der Waals surface area contributed by atoms with Crippen LogP contribution in [0.2, 0.25) is 0 Å². The summed E-state index contributed by atoms with van der Waals surface area (Å²) in [5, 5.41) is 4.79. The Hall–Kier alpha value is -4.79. The fourth-order valence-corrected chi connectivity index (χ4v) is 3.29. The Bertz CT molecular complexity index is 1370. The molecule has 0 fully saturated rings. The van der Waals surface area contributed by atoms with Gasteiger partial charge in [-0.3, -0.25) is 14.6 Å². The molecule has 0 aliphatic rings. The Labute approximate surface area is 195 Å². The van der Waals surface area contributed by atoms with Crippen LogP contribution in [0.15, 0.2) is 78.2 Å². The van der Waals surface area contributed by atoms with Gasteiger partial charge in [0.1, 0.15) is 0 Å². The summed E-state index contributed by atoms with van der Waals surface area (Å²) in [5.41, 5.74) is 11.0. The second-order valence-corrected chi connectivity index (χ2v) is 7.17. The van der Waals surface area contributed by atoms with E-state index in [0.717, 1.165) is 5.56 Å². The average molecular weight is 455 g/mol. The maximum absolute atomic E-state index is 13.0. The lowest BCUT2D eigenvalue weighted by atomic mass is 10.0. The second kappa shape index (κ2) is 10.2. The standard InChI is InChI=1S/C25H21N5O4/c1-33-23-12-16(6-7-22(23)34-15-24(26)31)14-28-30-25(32)19-13-21(17-8-10-27-11-9-17)29-20-5-3-2-4-18(19)20/h2-14H,15H2,1H3,(H2,26,31)(H,30,32)/b28-14+. The first kappa shape index (κ1) is 22.4. The Balaban J connectivity index is 1.56. The molecule has 34 heavy (non-hydrogen) atoms. The lowest BCUT2D eigenvalue weighted by molar-refractivity contribution is -0.119. The molecule has 4 aromatic rings. The van der Waals surface area contributed by atoms with Crippen molar-refractivity contribution in [3.8, 4) is 22.8 Å². The quantitative estimate of drug-likeness (QED) is 0.310. The third-order valence-corrected chi connectivity index (χ3v) is 4.87. The number of amides is 2. The number of nitrogens with zero attached hydrogens (tertiary/aromatic N) is 3. The van der Waals surface area contributed by atoms with Crippen molar-refractivity contribution in [2.24, 2.45) is 10.8 Å². The van der Waals surface area contributed by atoms with Gasteiger partial charge in [-0.05, 0) is 48.0 Å². The average Bonchev–Trinajstić information content (AvgIpc) is 2.87. The van der Waals surface area contributed by atoms with Crippen molar-refractivity contribution in [1.29, 1.82) is 0 Å². The number of methoxy groups -OCH3 is 1. The summed E-state index contributed by atoms with van der Waals surface area (Å²) < 4.78 is 10.6.